The number of ether oxygens (including phenoxy) is 1. The summed E-state index contributed by atoms with van der Waals surface area (Å²) in [4.78, 5) is 11.1. The van der Waals surface area contributed by atoms with Crippen LogP contribution in [0.2, 0.25) is 5.02 Å². The molecule has 1 N–H and O–H groups in total. The van der Waals surface area contributed by atoms with Crippen molar-refractivity contribution >= 4 is 23.4 Å². The van der Waals surface area contributed by atoms with E-state index in [-0.39, 0.29) is 12.2 Å². The van der Waals surface area contributed by atoms with Gasteiger partial charge in [0.15, 0.2) is 0 Å². The van der Waals surface area contributed by atoms with Crippen LogP contribution >= 0.6 is 11.6 Å². The van der Waals surface area contributed by atoms with Gasteiger partial charge in [0.25, 0.3) is 0 Å². The maximum absolute atomic E-state index is 11.1. The van der Waals surface area contributed by atoms with Gasteiger partial charge in [0.2, 0.25) is 0 Å². The van der Waals surface area contributed by atoms with E-state index in [9.17, 15) is 4.79 Å². The highest BCUT2D eigenvalue weighted by Crippen LogP contribution is 2.23. The van der Waals surface area contributed by atoms with E-state index < -0.39 is 6.09 Å². The zero-order chi connectivity index (χ0) is 11.3. The Bertz CT molecular complexity index is 412. The maximum Gasteiger partial charge on any atom is 0.411 e. The summed E-state index contributed by atoms with van der Waals surface area (Å²) in [5.41, 5.74) is 0.579. The fraction of sp³-hybridized carbons (Fsp3) is 0.200. The van der Waals surface area contributed by atoms with Crippen molar-refractivity contribution in [1.82, 2.24) is 0 Å². The molecule has 0 unspecified atom stereocenters. The summed E-state index contributed by atoms with van der Waals surface area (Å²) in [7, 11) is 0. The number of nitrogens with one attached hydrogen (secondary N) is 1. The minimum absolute atomic E-state index is 0.229. The predicted octanol–water partition coefficient (Wildman–Crippen LogP) is 2.78. The Hall–Kier alpha value is -1.73. The lowest BCUT2D eigenvalue weighted by atomic mass is 10.2. The first-order chi connectivity index (χ1) is 7.19. The largest absolute Gasteiger partial charge is 0.450 e. The average molecular weight is 225 g/mol. The van der Waals surface area contributed by atoms with Gasteiger partial charge in [-0.05, 0) is 19.1 Å². The first kappa shape index (κ1) is 11.3. The number of nitrogens with zero attached hydrogens (tertiary/aromatic N) is 1. The molecule has 4 nitrogen and oxygen atoms in total. The molecule has 0 saturated heterocycles. The molecule has 0 aromatic heterocycles. The first-order valence-corrected chi connectivity index (χ1v) is 4.69. The third-order valence-electron chi connectivity index (χ3n) is 1.64. The van der Waals surface area contributed by atoms with Gasteiger partial charge in [-0.3, -0.25) is 5.32 Å². The molecule has 0 bridgehead atoms. The summed E-state index contributed by atoms with van der Waals surface area (Å²) < 4.78 is 4.68. The molecule has 0 aliphatic carbocycles. The fourth-order valence-electron chi connectivity index (χ4n) is 1.02. The van der Waals surface area contributed by atoms with Crippen molar-refractivity contribution in [2.45, 2.75) is 6.92 Å². The van der Waals surface area contributed by atoms with Crippen LogP contribution in [0.15, 0.2) is 18.2 Å². The third kappa shape index (κ3) is 2.86. The number of nitriles is 1. The zero-order valence-electron chi connectivity index (χ0n) is 8.08. The minimum Gasteiger partial charge on any atom is -0.450 e. The van der Waals surface area contributed by atoms with E-state index >= 15 is 0 Å². The SMILES string of the molecule is CCOC(=O)Nc1cccc(Cl)c1C#N. The number of carbonyl (C=O) groups excluding carboxylic acids is 1. The Balaban J connectivity index is 2.91. The van der Waals surface area contributed by atoms with Crippen LogP contribution in [0.1, 0.15) is 12.5 Å². The lowest BCUT2D eigenvalue weighted by molar-refractivity contribution is 0.168. The molecule has 1 rings (SSSR count). The second-order valence-corrected chi connectivity index (χ2v) is 3.03. The molecule has 1 aromatic rings. The number of anilines is 1. The summed E-state index contributed by atoms with van der Waals surface area (Å²) in [6, 6.07) is 6.72. The molecule has 1 amide bonds. The summed E-state index contributed by atoms with van der Waals surface area (Å²) in [6.45, 7) is 1.97. The van der Waals surface area contributed by atoms with Crippen LogP contribution in [-0.4, -0.2) is 12.7 Å². The minimum atomic E-state index is -0.601. The number of carbonyl (C=O) groups is 1. The maximum atomic E-state index is 11.1. The van der Waals surface area contributed by atoms with Gasteiger partial charge in [0.05, 0.1) is 22.9 Å². The van der Waals surface area contributed by atoms with Crippen LogP contribution in [0.25, 0.3) is 0 Å². The number of hydrogen-bond acceptors (Lipinski definition) is 3. The van der Waals surface area contributed by atoms with Gasteiger partial charge in [0.1, 0.15) is 6.07 Å². The smallest absolute Gasteiger partial charge is 0.411 e. The van der Waals surface area contributed by atoms with Crippen molar-refractivity contribution in [2.75, 3.05) is 11.9 Å². The molecule has 5 heteroatoms. The molecule has 0 saturated carbocycles. The Labute approximate surface area is 92.4 Å². The molecule has 0 aliphatic heterocycles. The van der Waals surface area contributed by atoms with E-state index in [1.54, 1.807) is 25.1 Å². The summed E-state index contributed by atoms with van der Waals surface area (Å²) >= 11 is 5.78. The molecule has 0 atom stereocenters. The van der Waals surface area contributed by atoms with E-state index in [1.165, 1.54) is 0 Å². The van der Waals surface area contributed by atoms with Gasteiger partial charge in [-0.25, -0.2) is 4.79 Å². The Morgan fingerprint density at radius 3 is 3.00 bits per heavy atom. The van der Waals surface area contributed by atoms with E-state index in [0.717, 1.165) is 0 Å². The first-order valence-electron chi connectivity index (χ1n) is 4.31. The van der Waals surface area contributed by atoms with Crippen molar-refractivity contribution in [3.05, 3.63) is 28.8 Å². The van der Waals surface area contributed by atoms with Crippen LogP contribution < -0.4 is 5.32 Å². The molecule has 1 aromatic carbocycles. The molecule has 0 radical (unpaired) electrons. The molecule has 0 heterocycles. The van der Waals surface area contributed by atoms with Gasteiger partial charge >= 0.3 is 6.09 Å². The number of rotatable bonds is 2. The zero-order valence-corrected chi connectivity index (χ0v) is 8.84. The standard InChI is InChI=1S/C10H9ClN2O2/c1-2-15-10(14)13-9-5-3-4-8(11)7(9)6-12/h3-5H,2H2,1H3,(H,13,14). The monoisotopic (exact) mass is 224 g/mol. The van der Waals surface area contributed by atoms with Crippen molar-refractivity contribution in [3.63, 3.8) is 0 Å². The number of amides is 1. The highest BCUT2D eigenvalue weighted by molar-refractivity contribution is 6.32. The Morgan fingerprint density at radius 2 is 2.40 bits per heavy atom. The second kappa shape index (κ2) is 5.23. The summed E-state index contributed by atoms with van der Waals surface area (Å²) in [5, 5.41) is 11.5. The van der Waals surface area contributed by atoms with Crippen molar-refractivity contribution in [3.8, 4) is 6.07 Å². The van der Waals surface area contributed by atoms with E-state index in [0.29, 0.717) is 10.7 Å². The molecule has 0 fully saturated rings. The van der Waals surface area contributed by atoms with Crippen LogP contribution in [0.4, 0.5) is 10.5 Å². The summed E-state index contributed by atoms with van der Waals surface area (Å²) in [6.07, 6.45) is -0.601. The highest BCUT2D eigenvalue weighted by Gasteiger charge is 2.09. The molecular formula is C10H9ClN2O2. The Morgan fingerprint density at radius 1 is 1.67 bits per heavy atom. The van der Waals surface area contributed by atoms with Crippen LogP contribution in [0, 0.1) is 11.3 Å². The Kier molecular flexibility index (Phi) is 3.95. The number of halogens is 1. The lowest BCUT2D eigenvalue weighted by Gasteiger charge is -2.07. The number of hydrogen-bond donors (Lipinski definition) is 1. The fourth-order valence-corrected chi connectivity index (χ4v) is 1.24. The van der Waals surface area contributed by atoms with E-state index in [4.69, 9.17) is 16.9 Å². The van der Waals surface area contributed by atoms with Crippen molar-refractivity contribution in [1.29, 1.82) is 5.26 Å². The van der Waals surface area contributed by atoms with Crippen molar-refractivity contribution in [2.24, 2.45) is 0 Å². The molecule has 0 aliphatic rings. The quantitative estimate of drug-likeness (QED) is 0.840. The molecule has 78 valence electrons. The number of benzene rings is 1. The van der Waals surface area contributed by atoms with Crippen LogP contribution in [0.3, 0.4) is 0 Å². The lowest BCUT2D eigenvalue weighted by Crippen LogP contribution is -2.14. The normalized spacial score (nSPS) is 9.13. The van der Waals surface area contributed by atoms with Crippen molar-refractivity contribution < 1.29 is 9.53 Å². The molecule has 0 spiro atoms. The highest BCUT2D eigenvalue weighted by atomic mass is 35.5. The summed E-state index contributed by atoms with van der Waals surface area (Å²) in [5.74, 6) is 0. The van der Waals surface area contributed by atoms with Gasteiger partial charge < -0.3 is 4.74 Å². The predicted molar refractivity (Wildman–Crippen MR) is 56.8 cm³/mol. The van der Waals surface area contributed by atoms with Gasteiger partial charge in [-0.2, -0.15) is 5.26 Å². The molecular weight excluding hydrogens is 216 g/mol. The second-order valence-electron chi connectivity index (χ2n) is 2.62. The average Bonchev–Trinajstić information content (AvgIpc) is 2.18. The topological polar surface area (TPSA) is 62.1 Å². The van der Waals surface area contributed by atoms with Gasteiger partial charge in [0, 0.05) is 0 Å². The van der Waals surface area contributed by atoms with E-state index in [2.05, 4.69) is 10.1 Å². The van der Waals surface area contributed by atoms with E-state index in [1.807, 2.05) is 6.07 Å². The van der Waals surface area contributed by atoms with Crippen LogP contribution in [0.5, 0.6) is 0 Å². The third-order valence-corrected chi connectivity index (χ3v) is 1.95. The molecule has 15 heavy (non-hydrogen) atoms. The van der Waals surface area contributed by atoms with Crippen LogP contribution in [-0.2, 0) is 4.74 Å². The van der Waals surface area contributed by atoms with Gasteiger partial charge in [-0.1, -0.05) is 17.7 Å². The van der Waals surface area contributed by atoms with Gasteiger partial charge in [-0.15, -0.1) is 0 Å².